The Hall–Kier alpha value is -3.13. The smallest absolute Gasteiger partial charge is 0.337 e. The Labute approximate surface area is 157 Å². The molecule has 1 aromatic heterocycles. The van der Waals surface area contributed by atoms with E-state index < -0.39 is 23.5 Å². The lowest BCUT2D eigenvalue weighted by Crippen LogP contribution is -2.12. The third-order valence-corrected chi connectivity index (χ3v) is 4.89. The fourth-order valence-corrected chi connectivity index (χ4v) is 3.46. The van der Waals surface area contributed by atoms with Crippen LogP contribution in [0.2, 0.25) is 0 Å². The molecule has 3 rings (SSSR count). The molecule has 0 aliphatic carbocycles. The number of thiazole rings is 1. The van der Waals surface area contributed by atoms with Gasteiger partial charge in [0, 0.05) is 5.69 Å². The molecule has 0 atom stereocenters. The first-order valence-corrected chi connectivity index (χ1v) is 8.64. The lowest BCUT2D eigenvalue weighted by atomic mass is 10.2. The van der Waals surface area contributed by atoms with E-state index in [1.54, 1.807) is 25.1 Å². The maximum atomic E-state index is 14.0. The molecule has 0 saturated heterocycles. The summed E-state index contributed by atoms with van der Waals surface area (Å²) in [6.07, 6.45) is 0. The van der Waals surface area contributed by atoms with Crippen molar-refractivity contribution >= 4 is 28.9 Å². The molecule has 1 N–H and O–H groups in total. The second kappa shape index (κ2) is 7.63. The minimum Gasteiger partial charge on any atom is -0.465 e. The Morgan fingerprint density at radius 3 is 2.44 bits per heavy atom. The lowest BCUT2D eigenvalue weighted by Gasteiger charge is -2.06. The topological polar surface area (TPSA) is 68.3 Å². The molecule has 27 heavy (non-hydrogen) atoms. The first-order valence-electron chi connectivity index (χ1n) is 7.82. The Kier molecular flexibility index (Phi) is 5.27. The molecule has 0 fully saturated rings. The number of anilines is 1. The molecule has 138 valence electrons. The van der Waals surface area contributed by atoms with Crippen molar-refractivity contribution in [3.63, 3.8) is 0 Å². The molecular weight excluding hydrogens is 374 g/mol. The molecule has 2 aromatic carbocycles. The van der Waals surface area contributed by atoms with Crippen LogP contribution in [0.3, 0.4) is 0 Å². The van der Waals surface area contributed by atoms with Gasteiger partial charge in [0.05, 0.1) is 23.9 Å². The van der Waals surface area contributed by atoms with Crippen LogP contribution in [0.15, 0.2) is 42.5 Å². The number of esters is 1. The predicted octanol–water partition coefficient (Wildman–Crippen LogP) is 4.44. The van der Waals surface area contributed by atoms with Gasteiger partial charge in [0.1, 0.15) is 21.5 Å². The summed E-state index contributed by atoms with van der Waals surface area (Å²) in [7, 11) is 1.26. The number of aryl methyl sites for hydroxylation is 1. The Bertz CT molecular complexity index is 1010. The van der Waals surface area contributed by atoms with Crippen LogP contribution in [0.25, 0.3) is 10.6 Å². The summed E-state index contributed by atoms with van der Waals surface area (Å²) in [5, 5.41) is 2.73. The number of carbonyl (C=O) groups is 2. The monoisotopic (exact) mass is 388 g/mol. The van der Waals surface area contributed by atoms with Crippen LogP contribution < -0.4 is 5.32 Å². The number of hydrogen-bond acceptors (Lipinski definition) is 5. The van der Waals surface area contributed by atoms with Crippen LogP contribution in [0.4, 0.5) is 14.5 Å². The van der Waals surface area contributed by atoms with Gasteiger partial charge in [-0.3, -0.25) is 4.79 Å². The van der Waals surface area contributed by atoms with Crippen molar-refractivity contribution in [1.29, 1.82) is 0 Å². The van der Waals surface area contributed by atoms with Gasteiger partial charge in [-0.05, 0) is 37.3 Å². The summed E-state index contributed by atoms with van der Waals surface area (Å²) in [5.41, 5.74) is 0.747. The third kappa shape index (κ3) is 3.85. The number of benzene rings is 2. The molecule has 1 amide bonds. The van der Waals surface area contributed by atoms with Crippen LogP contribution in [0, 0.1) is 18.6 Å². The normalized spacial score (nSPS) is 10.5. The number of ether oxygens (including phenoxy) is 1. The highest BCUT2D eigenvalue weighted by molar-refractivity contribution is 7.17. The highest BCUT2D eigenvalue weighted by Crippen LogP contribution is 2.32. The molecule has 0 unspecified atom stereocenters. The fraction of sp³-hybridized carbons (Fsp3) is 0.105. The zero-order valence-electron chi connectivity index (χ0n) is 14.4. The first-order chi connectivity index (χ1) is 12.9. The van der Waals surface area contributed by atoms with Crippen molar-refractivity contribution < 1.29 is 23.1 Å². The predicted molar refractivity (Wildman–Crippen MR) is 97.9 cm³/mol. The summed E-state index contributed by atoms with van der Waals surface area (Å²) in [4.78, 5) is 28.5. The number of nitrogens with zero attached hydrogens (tertiary/aromatic N) is 1. The van der Waals surface area contributed by atoms with Gasteiger partial charge in [0.2, 0.25) is 0 Å². The van der Waals surface area contributed by atoms with E-state index in [-0.39, 0.29) is 21.0 Å². The SMILES string of the molecule is COC(=O)c1cccc(NC(=O)c2sc(-c3c(F)cccc3F)nc2C)c1. The van der Waals surface area contributed by atoms with Gasteiger partial charge in [-0.2, -0.15) is 0 Å². The number of nitrogens with one attached hydrogen (secondary N) is 1. The number of rotatable bonds is 4. The second-order valence-electron chi connectivity index (χ2n) is 5.56. The molecule has 1 heterocycles. The van der Waals surface area contributed by atoms with E-state index in [4.69, 9.17) is 0 Å². The number of amides is 1. The van der Waals surface area contributed by atoms with Crippen LogP contribution in [-0.4, -0.2) is 24.0 Å². The lowest BCUT2D eigenvalue weighted by molar-refractivity contribution is 0.0600. The Morgan fingerprint density at radius 1 is 1.11 bits per heavy atom. The summed E-state index contributed by atoms with van der Waals surface area (Å²) in [6, 6.07) is 9.76. The summed E-state index contributed by atoms with van der Waals surface area (Å²) in [6.45, 7) is 1.58. The molecule has 0 aliphatic rings. The summed E-state index contributed by atoms with van der Waals surface area (Å²) < 4.78 is 32.6. The van der Waals surface area contributed by atoms with Crippen LogP contribution in [0.5, 0.6) is 0 Å². The highest BCUT2D eigenvalue weighted by Gasteiger charge is 2.21. The highest BCUT2D eigenvalue weighted by atomic mass is 32.1. The van der Waals surface area contributed by atoms with Gasteiger partial charge in [0.25, 0.3) is 5.91 Å². The van der Waals surface area contributed by atoms with E-state index in [0.29, 0.717) is 11.4 Å². The standard InChI is InChI=1S/C19H14F2N2O3S/c1-10-16(27-18(22-10)15-13(20)7-4-8-14(15)21)17(24)23-12-6-3-5-11(9-12)19(25)26-2/h3-9H,1-2H3,(H,23,24). The van der Waals surface area contributed by atoms with Crippen molar-refractivity contribution in [2.45, 2.75) is 6.92 Å². The average molecular weight is 388 g/mol. The first kappa shape index (κ1) is 18.7. The molecule has 0 spiro atoms. The van der Waals surface area contributed by atoms with Gasteiger partial charge < -0.3 is 10.1 Å². The molecule has 0 saturated carbocycles. The van der Waals surface area contributed by atoms with Gasteiger partial charge in [0.15, 0.2) is 0 Å². The quantitative estimate of drug-likeness (QED) is 0.671. The molecule has 3 aromatic rings. The van der Waals surface area contributed by atoms with Gasteiger partial charge in [-0.1, -0.05) is 12.1 Å². The van der Waals surface area contributed by atoms with Gasteiger partial charge >= 0.3 is 5.97 Å². The van der Waals surface area contributed by atoms with Crippen molar-refractivity contribution in [3.05, 3.63) is 70.2 Å². The second-order valence-corrected chi connectivity index (χ2v) is 6.56. The summed E-state index contributed by atoms with van der Waals surface area (Å²) >= 11 is 0.889. The molecule has 0 bridgehead atoms. The third-order valence-electron chi connectivity index (χ3n) is 3.72. The average Bonchev–Trinajstić information content (AvgIpc) is 3.02. The van der Waals surface area contributed by atoms with Crippen LogP contribution >= 0.6 is 11.3 Å². The zero-order chi connectivity index (χ0) is 19.6. The minimum absolute atomic E-state index is 0.0801. The number of aromatic nitrogens is 1. The summed E-state index contributed by atoms with van der Waals surface area (Å²) in [5.74, 6) is -2.52. The van der Waals surface area contributed by atoms with E-state index in [2.05, 4.69) is 15.0 Å². The van der Waals surface area contributed by atoms with Crippen molar-refractivity contribution in [2.24, 2.45) is 0 Å². The van der Waals surface area contributed by atoms with Gasteiger partial charge in [-0.25, -0.2) is 18.6 Å². The van der Waals surface area contributed by atoms with E-state index in [0.717, 1.165) is 23.5 Å². The van der Waals surface area contributed by atoms with E-state index in [1.807, 2.05) is 0 Å². The Balaban J connectivity index is 1.89. The molecular formula is C19H14F2N2O3S. The molecule has 8 heteroatoms. The number of methoxy groups -OCH3 is 1. The van der Waals surface area contributed by atoms with E-state index >= 15 is 0 Å². The Morgan fingerprint density at radius 2 is 1.78 bits per heavy atom. The number of carbonyl (C=O) groups excluding carboxylic acids is 2. The molecule has 0 radical (unpaired) electrons. The van der Waals surface area contributed by atoms with Crippen LogP contribution in [0.1, 0.15) is 25.7 Å². The van der Waals surface area contributed by atoms with E-state index in [9.17, 15) is 18.4 Å². The maximum absolute atomic E-state index is 14.0. The number of halogens is 2. The van der Waals surface area contributed by atoms with Crippen LogP contribution in [-0.2, 0) is 4.74 Å². The zero-order valence-corrected chi connectivity index (χ0v) is 15.2. The van der Waals surface area contributed by atoms with Crippen molar-refractivity contribution in [2.75, 3.05) is 12.4 Å². The minimum atomic E-state index is -0.749. The number of hydrogen-bond donors (Lipinski definition) is 1. The molecule has 5 nitrogen and oxygen atoms in total. The van der Waals surface area contributed by atoms with E-state index in [1.165, 1.54) is 19.2 Å². The largest absolute Gasteiger partial charge is 0.465 e. The van der Waals surface area contributed by atoms with Crippen molar-refractivity contribution in [1.82, 2.24) is 4.98 Å². The maximum Gasteiger partial charge on any atom is 0.337 e. The fourth-order valence-electron chi connectivity index (χ4n) is 2.45. The van der Waals surface area contributed by atoms with Gasteiger partial charge in [-0.15, -0.1) is 11.3 Å². The van der Waals surface area contributed by atoms with Crippen molar-refractivity contribution in [3.8, 4) is 10.6 Å². The molecule has 0 aliphatic heterocycles.